The molecule has 9 heteroatoms. The minimum atomic E-state index is -1.63. The number of ether oxygens (including phenoxy) is 4. The molecule has 2 atom stereocenters. The molecule has 0 heterocycles. The number of hydrogen-bond acceptors (Lipinski definition) is 8. The number of carboxylic acid groups (broad SMARTS) is 1. The molecule has 0 saturated heterocycles. The molecule has 0 bridgehead atoms. The molecule has 0 rings (SSSR count). The Morgan fingerprint density at radius 1 is 0.477 bits per heavy atom. The Morgan fingerprint density at radius 2 is 0.877 bits per heavy atom. The van der Waals surface area contributed by atoms with Crippen molar-refractivity contribution in [3.63, 3.8) is 0 Å². The number of allylic oxidation sites excluding steroid dienone is 10. The highest BCUT2D eigenvalue weighted by atomic mass is 16.7. The highest BCUT2D eigenvalue weighted by molar-refractivity contribution is 5.70. The van der Waals surface area contributed by atoms with Crippen LogP contribution in [-0.4, -0.2) is 82.3 Å². The Hall–Kier alpha value is -3.01. The molecule has 0 amide bonds. The van der Waals surface area contributed by atoms with Crippen molar-refractivity contribution in [2.75, 3.05) is 47.5 Å². The number of unbranched alkanes of at least 4 members (excludes halogenated alkanes) is 23. The van der Waals surface area contributed by atoms with Gasteiger partial charge in [0.05, 0.1) is 40.3 Å². The number of esters is 2. The molecule has 2 unspecified atom stereocenters. The first-order chi connectivity index (χ1) is 31.6. The summed E-state index contributed by atoms with van der Waals surface area (Å²) in [5, 5.41) is 11.7. The predicted octanol–water partition coefficient (Wildman–Crippen LogP) is 13.6. The number of aliphatic carboxylic acids is 1. The van der Waals surface area contributed by atoms with E-state index in [1.807, 2.05) is 21.1 Å². The zero-order valence-corrected chi connectivity index (χ0v) is 42.6. The van der Waals surface area contributed by atoms with E-state index in [1.54, 1.807) is 0 Å². The van der Waals surface area contributed by atoms with E-state index in [-0.39, 0.29) is 38.6 Å². The minimum absolute atomic E-state index is 0.142. The maximum Gasteiger partial charge on any atom is 0.306 e. The molecule has 0 radical (unpaired) electrons. The van der Waals surface area contributed by atoms with Crippen molar-refractivity contribution in [1.82, 2.24) is 0 Å². The maximum absolute atomic E-state index is 12.8. The fourth-order valence-corrected chi connectivity index (χ4v) is 7.17. The largest absolute Gasteiger partial charge is 0.545 e. The quantitative estimate of drug-likeness (QED) is 0.0195. The van der Waals surface area contributed by atoms with Crippen LogP contribution in [0.4, 0.5) is 0 Å². The maximum atomic E-state index is 12.8. The molecule has 0 fully saturated rings. The van der Waals surface area contributed by atoms with E-state index >= 15 is 0 Å². The summed E-state index contributed by atoms with van der Waals surface area (Å²) < 4.78 is 22.6. The van der Waals surface area contributed by atoms with Gasteiger partial charge in [-0.1, -0.05) is 190 Å². The van der Waals surface area contributed by atoms with Crippen molar-refractivity contribution in [2.45, 2.75) is 232 Å². The zero-order valence-electron chi connectivity index (χ0n) is 42.6. The van der Waals surface area contributed by atoms with Crippen LogP contribution in [-0.2, 0) is 33.3 Å². The second-order valence-corrected chi connectivity index (χ2v) is 18.8. The van der Waals surface area contributed by atoms with Gasteiger partial charge in [-0.25, -0.2) is 0 Å². The first-order valence-corrected chi connectivity index (χ1v) is 26.4. The molecule has 376 valence electrons. The Morgan fingerprint density at radius 3 is 1.32 bits per heavy atom. The van der Waals surface area contributed by atoms with Crippen LogP contribution in [0.5, 0.6) is 0 Å². The molecule has 0 aromatic carbocycles. The van der Waals surface area contributed by atoms with E-state index in [0.29, 0.717) is 17.4 Å². The Balaban J connectivity index is 4.34. The van der Waals surface area contributed by atoms with Crippen LogP contribution in [0.15, 0.2) is 60.8 Å². The summed E-state index contributed by atoms with van der Waals surface area (Å²) in [6, 6.07) is 0. The standard InChI is InChI=1S/C56H99NO8/c1-6-8-10-12-14-16-18-20-22-24-26-27-29-30-32-34-36-38-40-42-44-46-53(58)63-50-52(51-64-56(55(60)61)62-49-48-57(3,4)5)65-54(59)47-45-43-41-39-37-35-33-31-28-25-23-21-19-17-15-13-11-9-7-2/h9,11,15,17,21,23-24,26,28,31,52,56H,6-8,10,12-14,16,18-20,22,25,27,29-30,32-51H2,1-5H3/b11-9-,17-15-,23-21-,26-24-,31-28-. The zero-order chi connectivity index (χ0) is 47.7. The van der Waals surface area contributed by atoms with E-state index in [2.05, 4.69) is 74.6 Å². The van der Waals surface area contributed by atoms with Gasteiger partial charge in [-0.05, 0) is 77.0 Å². The van der Waals surface area contributed by atoms with Crippen molar-refractivity contribution in [1.29, 1.82) is 0 Å². The third kappa shape index (κ3) is 48.7. The molecule has 0 aliphatic carbocycles. The Kier molecular flexibility index (Phi) is 45.3. The average molecular weight is 914 g/mol. The lowest BCUT2D eigenvalue weighted by Gasteiger charge is -2.26. The first-order valence-electron chi connectivity index (χ1n) is 26.4. The number of carboxylic acids is 1. The number of rotatable bonds is 48. The number of hydrogen-bond donors (Lipinski definition) is 0. The average Bonchev–Trinajstić information content (AvgIpc) is 3.27. The number of quaternary nitrogens is 1. The predicted molar refractivity (Wildman–Crippen MR) is 269 cm³/mol. The molecular formula is C56H99NO8. The SMILES string of the molecule is CC/C=C\C/C=C\C/C=C\C/C=C\CCCCCCCCC(=O)OC(COC(=O)CCCCCCCCCCC/C=C\CCCCCCCCCC)COC(OCC[N+](C)(C)C)C(=O)[O-]. The van der Waals surface area contributed by atoms with Crippen molar-refractivity contribution in [3.05, 3.63) is 60.8 Å². The van der Waals surface area contributed by atoms with Gasteiger partial charge in [-0.15, -0.1) is 0 Å². The molecule has 0 saturated carbocycles. The van der Waals surface area contributed by atoms with Gasteiger partial charge in [0.1, 0.15) is 13.2 Å². The van der Waals surface area contributed by atoms with Crippen LogP contribution in [0.25, 0.3) is 0 Å². The summed E-state index contributed by atoms with van der Waals surface area (Å²) >= 11 is 0. The minimum Gasteiger partial charge on any atom is -0.545 e. The lowest BCUT2D eigenvalue weighted by atomic mass is 10.1. The molecule has 0 aliphatic rings. The topological polar surface area (TPSA) is 111 Å². The highest BCUT2D eigenvalue weighted by Gasteiger charge is 2.22. The molecule has 0 aromatic heterocycles. The Bertz CT molecular complexity index is 1250. The molecule has 0 aliphatic heterocycles. The third-order valence-electron chi connectivity index (χ3n) is 11.2. The summed E-state index contributed by atoms with van der Waals surface area (Å²) in [7, 11) is 5.91. The molecular weight excluding hydrogens is 815 g/mol. The molecule has 0 N–H and O–H groups in total. The second kappa shape index (κ2) is 47.5. The fraction of sp³-hybridized carbons (Fsp3) is 0.768. The van der Waals surface area contributed by atoms with Crippen LogP contribution < -0.4 is 5.11 Å². The van der Waals surface area contributed by atoms with Gasteiger partial charge in [0.2, 0.25) is 0 Å². The van der Waals surface area contributed by atoms with Crippen molar-refractivity contribution in [2.24, 2.45) is 0 Å². The van der Waals surface area contributed by atoms with Gasteiger partial charge < -0.3 is 33.3 Å². The number of carbonyl (C=O) groups is 3. The van der Waals surface area contributed by atoms with E-state index in [4.69, 9.17) is 18.9 Å². The van der Waals surface area contributed by atoms with Gasteiger partial charge >= 0.3 is 11.9 Å². The van der Waals surface area contributed by atoms with E-state index < -0.39 is 24.3 Å². The monoisotopic (exact) mass is 914 g/mol. The number of nitrogens with zero attached hydrogens (tertiary/aromatic N) is 1. The van der Waals surface area contributed by atoms with Crippen LogP contribution in [0.3, 0.4) is 0 Å². The molecule has 65 heavy (non-hydrogen) atoms. The number of carbonyl (C=O) groups excluding carboxylic acids is 3. The smallest absolute Gasteiger partial charge is 0.306 e. The lowest BCUT2D eigenvalue weighted by molar-refractivity contribution is -0.870. The summed E-state index contributed by atoms with van der Waals surface area (Å²) in [4.78, 5) is 37.2. The van der Waals surface area contributed by atoms with Crippen LogP contribution in [0.1, 0.15) is 219 Å². The van der Waals surface area contributed by atoms with Crippen LogP contribution in [0, 0.1) is 0 Å². The lowest BCUT2D eigenvalue weighted by Crippen LogP contribution is -2.44. The Labute approximate surface area is 399 Å². The summed E-state index contributed by atoms with van der Waals surface area (Å²) in [6.45, 7) is 4.62. The van der Waals surface area contributed by atoms with Crippen molar-refractivity contribution < 1.29 is 42.9 Å². The number of likely N-dealkylation sites (N-methyl/N-ethyl adjacent to an activating group) is 1. The summed E-state index contributed by atoms with van der Waals surface area (Å²) in [5.74, 6) is -2.30. The summed E-state index contributed by atoms with van der Waals surface area (Å²) in [6.07, 6.45) is 55.4. The van der Waals surface area contributed by atoms with Crippen LogP contribution >= 0.6 is 0 Å². The molecule has 0 spiro atoms. The molecule has 0 aromatic rings. The van der Waals surface area contributed by atoms with Gasteiger partial charge in [0.25, 0.3) is 0 Å². The normalized spacial score (nSPS) is 13.3. The van der Waals surface area contributed by atoms with E-state index in [0.717, 1.165) is 83.5 Å². The first kappa shape index (κ1) is 62.0. The second-order valence-electron chi connectivity index (χ2n) is 18.8. The van der Waals surface area contributed by atoms with E-state index in [1.165, 1.54) is 103 Å². The fourth-order valence-electron chi connectivity index (χ4n) is 7.17. The van der Waals surface area contributed by atoms with Gasteiger partial charge in [0, 0.05) is 12.8 Å². The van der Waals surface area contributed by atoms with Gasteiger partial charge in [-0.3, -0.25) is 9.59 Å². The van der Waals surface area contributed by atoms with Crippen molar-refractivity contribution in [3.8, 4) is 0 Å². The van der Waals surface area contributed by atoms with Gasteiger partial charge in [-0.2, -0.15) is 0 Å². The van der Waals surface area contributed by atoms with Gasteiger partial charge in [0.15, 0.2) is 12.4 Å². The summed E-state index contributed by atoms with van der Waals surface area (Å²) in [5.41, 5.74) is 0. The van der Waals surface area contributed by atoms with E-state index in [9.17, 15) is 19.5 Å². The highest BCUT2D eigenvalue weighted by Crippen LogP contribution is 2.15. The third-order valence-corrected chi connectivity index (χ3v) is 11.2. The molecule has 9 nitrogen and oxygen atoms in total. The van der Waals surface area contributed by atoms with Crippen LogP contribution in [0.2, 0.25) is 0 Å². The van der Waals surface area contributed by atoms with Crippen molar-refractivity contribution >= 4 is 17.9 Å².